The molecule has 0 amide bonds. The number of aromatic nitrogens is 1. The molecule has 0 aliphatic heterocycles. The van der Waals surface area contributed by atoms with Crippen molar-refractivity contribution in [3.8, 4) is 0 Å². The van der Waals surface area contributed by atoms with Gasteiger partial charge in [-0.25, -0.2) is 0 Å². The van der Waals surface area contributed by atoms with Gasteiger partial charge in [-0.3, -0.25) is 0 Å². The molecule has 0 atom stereocenters. The van der Waals surface area contributed by atoms with Gasteiger partial charge < -0.3 is 4.57 Å². The van der Waals surface area contributed by atoms with Crippen molar-refractivity contribution in [1.82, 2.24) is 4.57 Å². The first-order valence-electron chi connectivity index (χ1n) is 5.74. The molecule has 0 aromatic carbocycles. The first-order chi connectivity index (χ1) is 6.88. The lowest BCUT2D eigenvalue weighted by atomic mass is 9.91. The maximum absolute atomic E-state index is 2.43. The minimum absolute atomic E-state index is 1.24. The molecular weight excluding hydrogens is 170 g/mol. The van der Waals surface area contributed by atoms with Gasteiger partial charge in [0.1, 0.15) is 0 Å². The van der Waals surface area contributed by atoms with Crippen LogP contribution in [0, 0.1) is 0 Å². The Balaban J connectivity index is 2.23. The van der Waals surface area contributed by atoms with E-state index >= 15 is 0 Å². The quantitative estimate of drug-likeness (QED) is 0.588. The van der Waals surface area contributed by atoms with E-state index in [1.165, 1.54) is 44.2 Å². The summed E-state index contributed by atoms with van der Waals surface area (Å²) in [4.78, 5) is 0. The van der Waals surface area contributed by atoms with Crippen LogP contribution in [0.2, 0.25) is 0 Å². The van der Waals surface area contributed by atoms with E-state index in [0.29, 0.717) is 0 Å². The number of nitrogens with zero attached hydrogens (tertiary/aromatic N) is 1. The summed E-state index contributed by atoms with van der Waals surface area (Å²) < 4.78 is 2.43. The lowest BCUT2D eigenvalue weighted by Gasteiger charge is -2.13. The third-order valence-corrected chi connectivity index (χ3v) is 3.72. The Hall–Kier alpha value is -0.980. The van der Waals surface area contributed by atoms with E-state index in [1.54, 1.807) is 16.8 Å². The Bertz CT molecular complexity index is 396. The van der Waals surface area contributed by atoms with Crippen LogP contribution >= 0.6 is 0 Å². The normalized spacial score (nSPS) is 19.2. The van der Waals surface area contributed by atoms with Gasteiger partial charge in [-0.05, 0) is 55.7 Å². The van der Waals surface area contributed by atoms with Crippen molar-refractivity contribution in [2.24, 2.45) is 7.05 Å². The lowest BCUT2D eigenvalue weighted by Crippen LogP contribution is -2.05. The summed E-state index contributed by atoms with van der Waals surface area (Å²) in [6.07, 6.45) is 12.5. The van der Waals surface area contributed by atoms with E-state index in [9.17, 15) is 0 Å². The first-order valence-corrected chi connectivity index (χ1v) is 5.74. The minimum atomic E-state index is 1.24. The van der Waals surface area contributed by atoms with Gasteiger partial charge in [-0.2, -0.15) is 0 Å². The van der Waals surface area contributed by atoms with Crippen molar-refractivity contribution >= 4 is 6.08 Å². The number of hydrogen-bond acceptors (Lipinski definition) is 0. The van der Waals surface area contributed by atoms with Crippen molar-refractivity contribution < 1.29 is 0 Å². The van der Waals surface area contributed by atoms with Gasteiger partial charge in [0, 0.05) is 18.4 Å². The summed E-state index contributed by atoms with van der Waals surface area (Å²) in [5, 5.41) is 0. The molecule has 0 saturated heterocycles. The molecular formula is C13H17N. The number of allylic oxidation sites excluding steroid dienone is 1. The van der Waals surface area contributed by atoms with E-state index in [2.05, 4.69) is 23.8 Å². The van der Waals surface area contributed by atoms with E-state index in [4.69, 9.17) is 0 Å². The minimum Gasteiger partial charge on any atom is -0.348 e. The molecule has 0 radical (unpaired) electrons. The second kappa shape index (κ2) is 3.01. The fraction of sp³-hybridized carbons (Fsp3) is 0.538. The topological polar surface area (TPSA) is 4.93 Å². The fourth-order valence-electron chi connectivity index (χ4n) is 3.00. The molecule has 1 heteroatoms. The molecule has 0 spiro atoms. The Morgan fingerprint density at radius 2 is 1.93 bits per heavy atom. The molecule has 0 bridgehead atoms. The molecule has 1 aromatic rings. The largest absolute Gasteiger partial charge is 0.348 e. The summed E-state index contributed by atoms with van der Waals surface area (Å²) >= 11 is 0. The molecule has 2 aliphatic rings. The van der Waals surface area contributed by atoms with E-state index in [-0.39, 0.29) is 0 Å². The van der Waals surface area contributed by atoms with Crippen LogP contribution in [0.4, 0.5) is 0 Å². The van der Waals surface area contributed by atoms with Gasteiger partial charge in [0.2, 0.25) is 0 Å². The number of hydrogen-bond donors (Lipinski definition) is 0. The summed E-state index contributed by atoms with van der Waals surface area (Å²) in [6, 6.07) is 0. The molecule has 0 saturated carbocycles. The highest BCUT2D eigenvalue weighted by Gasteiger charge is 2.22. The van der Waals surface area contributed by atoms with Gasteiger partial charge in [0.15, 0.2) is 0 Å². The van der Waals surface area contributed by atoms with Crippen LogP contribution in [0.25, 0.3) is 6.08 Å². The van der Waals surface area contributed by atoms with Crippen molar-refractivity contribution in [2.45, 2.75) is 38.5 Å². The van der Waals surface area contributed by atoms with Crippen LogP contribution in [-0.2, 0) is 26.3 Å². The predicted molar refractivity (Wildman–Crippen MR) is 59.4 cm³/mol. The van der Waals surface area contributed by atoms with Crippen LogP contribution in [0.5, 0.6) is 0 Å². The lowest BCUT2D eigenvalue weighted by molar-refractivity contribution is 0.646. The van der Waals surface area contributed by atoms with Gasteiger partial charge in [-0.1, -0.05) is 6.08 Å². The van der Waals surface area contributed by atoms with Gasteiger partial charge in [-0.15, -0.1) is 0 Å². The monoisotopic (exact) mass is 187 g/mol. The maximum atomic E-state index is 2.43. The molecule has 0 fully saturated rings. The molecule has 1 aromatic heterocycles. The average molecular weight is 187 g/mol. The second-order valence-electron chi connectivity index (χ2n) is 4.50. The molecule has 14 heavy (non-hydrogen) atoms. The zero-order valence-corrected chi connectivity index (χ0v) is 8.84. The van der Waals surface area contributed by atoms with E-state index in [1.807, 2.05) is 0 Å². The van der Waals surface area contributed by atoms with Gasteiger partial charge in [0.05, 0.1) is 0 Å². The van der Waals surface area contributed by atoms with Crippen LogP contribution in [0.3, 0.4) is 0 Å². The van der Waals surface area contributed by atoms with Crippen LogP contribution < -0.4 is 0 Å². The summed E-state index contributed by atoms with van der Waals surface area (Å²) in [5.41, 5.74) is 6.46. The molecule has 1 nitrogen and oxygen atoms in total. The highest BCUT2D eigenvalue weighted by atomic mass is 15.0. The molecule has 1 heterocycles. The van der Waals surface area contributed by atoms with Crippen molar-refractivity contribution in [2.75, 3.05) is 0 Å². The zero-order valence-electron chi connectivity index (χ0n) is 8.84. The number of rotatable bonds is 0. The molecule has 74 valence electrons. The summed E-state index contributed by atoms with van der Waals surface area (Å²) in [7, 11) is 2.23. The van der Waals surface area contributed by atoms with Crippen LogP contribution in [0.15, 0.2) is 6.08 Å². The maximum Gasteiger partial charge on any atom is 0.0438 e. The van der Waals surface area contributed by atoms with E-state index in [0.717, 1.165) is 0 Å². The van der Waals surface area contributed by atoms with Gasteiger partial charge in [0.25, 0.3) is 0 Å². The van der Waals surface area contributed by atoms with E-state index < -0.39 is 0 Å². The summed E-state index contributed by atoms with van der Waals surface area (Å²) in [5.74, 6) is 0. The average Bonchev–Trinajstić information content (AvgIpc) is 2.55. The highest BCUT2D eigenvalue weighted by Crippen LogP contribution is 2.32. The molecule has 0 N–H and O–H groups in total. The predicted octanol–water partition coefficient (Wildman–Crippen LogP) is 2.86. The Morgan fingerprint density at radius 1 is 1.07 bits per heavy atom. The third kappa shape index (κ3) is 1.01. The Labute approximate surface area is 85.4 Å². The molecule has 0 unspecified atom stereocenters. The smallest absolute Gasteiger partial charge is 0.0438 e. The van der Waals surface area contributed by atoms with Crippen molar-refractivity contribution in [3.05, 3.63) is 28.6 Å². The highest BCUT2D eigenvalue weighted by molar-refractivity contribution is 5.58. The molecule has 3 rings (SSSR count). The SMILES string of the molecule is Cn1c2c(c3c1CCCC3)CCC=C2. The standard InChI is InChI=1S/C13H17N/c1-14-12-8-4-2-6-10(12)11-7-3-5-9-13(11)14/h4,8H,2-3,5-7,9H2,1H3. The Morgan fingerprint density at radius 3 is 2.86 bits per heavy atom. The second-order valence-corrected chi connectivity index (χ2v) is 4.50. The Kier molecular flexibility index (Phi) is 1.79. The number of fused-ring (bicyclic) bond motifs is 3. The van der Waals surface area contributed by atoms with Crippen molar-refractivity contribution in [3.63, 3.8) is 0 Å². The summed E-state index contributed by atoms with van der Waals surface area (Å²) in [6.45, 7) is 0. The molecule has 2 aliphatic carbocycles. The van der Waals surface area contributed by atoms with Crippen LogP contribution in [0.1, 0.15) is 41.8 Å². The van der Waals surface area contributed by atoms with Crippen LogP contribution in [-0.4, -0.2) is 4.57 Å². The third-order valence-electron chi connectivity index (χ3n) is 3.72. The first kappa shape index (κ1) is 8.34. The van der Waals surface area contributed by atoms with Crippen molar-refractivity contribution in [1.29, 1.82) is 0 Å². The fourth-order valence-corrected chi connectivity index (χ4v) is 3.00. The van der Waals surface area contributed by atoms with Gasteiger partial charge >= 0.3 is 0 Å². The zero-order chi connectivity index (χ0) is 9.54.